The Labute approximate surface area is 174 Å². The first-order valence-electron chi connectivity index (χ1n) is 6.87. The number of rotatable bonds is 4. The SMILES string of the molecule is COc1ccc(/C(C#N)=C/c2cc[c-]cc2)cc1OC.O=P(O)(O)O.[Na+]. The molecule has 26 heavy (non-hydrogen) atoms. The first kappa shape index (κ1) is 24.4. The van der Waals surface area contributed by atoms with E-state index in [1.807, 2.05) is 36.4 Å². The van der Waals surface area contributed by atoms with E-state index in [2.05, 4.69) is 12.1 Å². The van der Waals surface area contributed by atoms with Gasteiger partial charge in [0.05, 0.1) is 25.9 Å². The van der Waals surface area contributed by atoms with Gasteiger partial charge >= 0.3 is 37.4 Å². The summed E-state index contributed by atoms with van der Waals surface area (Å²) in [4.78, 5) is 21.6. The van der Waals surface area contributed by atoms with Gasteiger partial charge < -0.3 is 24.2 Å². The Kier molecular flexibility index (Phi) is 11.2. The van der Waals surface area contributed by atoms with Crippen LogP contribution in [-0.4, -0.2) is 28.9 Å². The van der Waals surface area contributed by atoms with Crippen molar-refractivity contribution in [3.8, 4) is 17.6 Å². The second-order valence-corrected chi connectivity index (χ2v) is 5.61. The van der Waals surface area contributed by atoms with Crippen LogP contribution in [0.2, 0.25) is 0 Å². The minimum atomic E-state index is -4.64. The van der Waals surface area contributed by atoms with Crippen molar-refractivity contribution in [3.05, 3.63) is 59.7 Å². The summed E-state index contributed by atoms with van der Waals surface area (Å²) >= 11 is 0. The fourth-order valence-electron chi connectivity index (χ4n) is 1.85. The van der Waals surface area contributed by atoms with Crippen molar-refractivity contribution < 1.29 is 58.3 Å². The zero-order valence-electron chi connectivity index (χ0n) is 14.6. The molecule has 0 unspecified atom stereocenters. The van der Waals surface area contributed by atoms with Gasteiger partial charge in [0.1, 0.15) is 0 Å². The van der Waals surface area contributed by atoms with Gasteiger partial charge in [-0.1, -0.05) is 6.08 Å². The zero-order valence-corrected chi connectivity index (χ0v) is 17.5. The second kappa shape index (κ2) is 11.9. The number of hydrogen-bond donors (Lipinski definition) is 3. The van der Waals surface area contributed by atoms with Crippen LogP contribution in [0.1, 0.15) is 11.1 Å². The number of nitriles is 1. The smallest absolute Gasteiger partial charge is 0.493 e. The van der Waals surface area contributed by atoms with Crippen LogP contribution in [0.3, 0.4) is 0 Å². The molecule has 0 aromatic heterocycles. The van der Waals surface area contributed by atoms with Crippen molar-refractivity contribution in [2.24, 2.45) is 0 Å². The first-order chi connectivity index (χ1) is 11.8. The van der Waals surface area contributed by atoms with Gasteiger partial charge in [0.2, 0.25) is 0 Å². The van der Waals surface area contributed by atoms with Crippen LogP contribution >= 0.6 is 7.82 Å². The molecule has 0 saturated heterocycles. The van der Waals surface area contributed by atoms with Gasteiger partial charge in [-0.05, 0) is 23.8 Å². The molecule has 2 aromatic carbocycles. The summed E-state index contributed by atoms with van der Waals surface area (Å²) in [6.45, 7) is 0. The molecule has 0 spiro atoms. The van der Waals surface area contributed by atoms with E-state index in [-0.39, 0.29) is 29.6 Å². The zero-order chi connectivity index (χ0) is 18.9. The molecule has 132 valence electrons. The summed E-state index contributed by atoms with van der Waals surface area (Å²) in [6.07, 6.45) is 1.83. The van der Waals surface area contributed by atoms with Crippen molar-refractivity contribution in [1.82, 2.24) is 0 Å². The Balaban J connectivity index is 0.000000923. The van der Waals surface area contributed by atoms with Crippen LogP contribution in [0.25, 0.3) is 11.6 Å². The number of hydrogen-bond acceptors (Lipinski definition) is 4. The molecular weight excluding hydrogens is 368 g/mol. The minimum absolute atomic E-state index is 0. The molecule has 9 heteroatoms. The van der Waals surface area contributed by atoms with Gasteiger partial charge in [0.25, 0.3) is 0 Å². The van der Waals surface area contributed by atoms with Crippen molar-refractivity contribution >= 4 is 19.5 Å². The summed E-state index contributed by atoms with van der Waals surface area (Å²) in [5.74, 6) is 1.25. The Morgan fingerprint density at radius 1 is 1.12 bits per heavy atom. The van der Waals surface area contributed by atoms with Gasteiger partial charge in [-0.3, -0.25) is 0 Å². The number of methoxy groups -OCH3 is 2. The van der Waals surface area contributed by atoms with Gasteiger partial charge in [-0.2, -0.15) is 35.6 Å². The van der Waals surface area contributed by atoms with Crippen molar-refractivity contribution in [2.75, 3.05) is 14.2 Å². The van der Waals surface area contributed by atoms with Crippen molar-refractivity contribution in [3.63, 3.8) is 0 Å². The summed E-state index contributed by atoms with van der Waals surface area (Å²) in [6, 6.07) is 18.0. The third-order valence-corrected chi connectivity index (χ3v) is 2.87. The number of ether oxygens (including phenoxy) is 2. The maximum atomic E-state index is 9.33. The van der Waals surface area contributed by atoms with E-state index in [9.17, 15) is 5.26 Å². The molecule has 0 fully saturated rings. The van der Waals surface area contributed by atoms with Crippen molar-refractivity contribution in [1.29, 1.82) is 5.26 Å². The molecule has 3 N–H and O–H groups in total. The Bertz CT molecular complexity index is 805. The Morgan fingerprint density at radius 2 is 1.65 bits per heavy atom. The van der Waals surface area contributed by atoms with Crippen molar-refractivity contribution in [2.45, 2.75) is 0 Å². The predicted octanol–water partition coefficient (Wildman–Crippen LogP) is -0.356. The van der Waals surface area contributed by atoms with E-state index in [4.69, 9.17) is 28.7 Å². The molecule has 7 nitrogen and oxygen atoms in total. The fraction of sp³-hybridized carbons (Fsp3) is 0.118. The Hall–Kier alpha value is -1.62. The molecule has 0 aliphatic carbocycles. The van der Waals surface area contributed by atoms with E-state index in [1.165, 1.54) is 0 Å². The van der Waals surface area contributed by atoms with Gasteiger partial charge in [0, 0.05) is 0 Å². The molecular formula is C17H17NNaO6P. The van der Waals surface area contributed by atoms with E-state index < -0.39 is 7.82 Å². The van der Waals surface area contributed by atoms with Crippen LogP contribution in [-0.2, 0) is 4.57 Å². The Morgan fingerprint density at radius 3 is 2.12 bits per heavy atom. The summed E-state index contributed by atoms with van der Waals surface area (Å²) in [5, 5.41) is 9.33. The number of benzene rings is 2. The number of phosphoric acid groups is 1. The largest absolute Gasteiger partial charge is 1.00 e. The van der Waals surface area contributed by atoms with Crippen LogP contribution in [0.15, 0.2) is 42.5 Å². The summed E-state index contributed by atoms with van der Waals surface area (Å²) in [5.41, 5.74) is 2.31. The van der Waals surface area contributed by atoms with Gasteiger partial charge in [0.15, 0.2) is 11.5 Å². The number of allylic oxidation sites excluding steroid dienone is 1. The molecule has 0 heterocycles. The van der Waals surface area contributed by atoms with Gasteiger partial charge in [-0.15, -0.1) is 5.56 Å². The van der Waals surface area contributed by atoms with Crippen LogP contribution in [0.5, 0.6) is 11.5 Å². The van der Waals surface area contributed by atoms with Crippen LogP contribution in [0.4, 0.5) is 0 Å². The molecule has 2 rings (SSSR count). The molecule has 0 bridgehead atoms. The topological polar surface area (TPSA) is 120 Å². The van der Waals surface area contributed by atoms with E-state index in [0.717, 1.165) is 11.1 Å². The van der Waals surface area contributed by atoms with Crippen LogP contribution in [0, 0.1) is 17.4 Å². The second-order valence-electron chi connectivity index (χ2n) is 4.59. The fourth-order valence-corrected chi connectivity index (χ4v) is 1.85. The van der Waals surface area contributed by atoms with E-state index >= 15 is 0 Å². The molecule has 0 amide bonds. The minimum Gasteiger partial charge on any atom is -0.493 e. The van der Waals surface area contributed by atoms with Gasteiger partial charge in [-0.25, -0.2) is 4.57 Å². The maximum Gasteiger partial charge on any atom is 1.00 e. The molecule has 0 aliphatic rings. The molecule has 0 radical (unpaired) electrons. The average molecular weight is 385 g/mol. The third-order valence-electron chi connectivity index (χ3n) is 2.87. The predicted molar refractivity (Wildman–Crippen MR) is 92.6 cm³/mol. The summed E-state index contributed by atoms with van der Waals surface area (Å²) in [7, 11) is -1.48. The summed E-state index contributed by atoms with van der Waals surface area (Å²) < 4.78 is 19.3. The molecule has 0 aliphatic heterocycles. The molecule has 0 atom stereocenters. The van der Waals surface area contributed by atoms with E-state index in [0.29, 0.717) is 17.1 Å². The molecule has 2 aromatic rings. The standard InChI is InChI=1S/C17H14NO2.Na.H3O4P/c1-19-16-9-8-14(11-17(16)20-2)15(12-18)10-13-6-4-3-5-7-13;;1-5(2,3)4/h4-11H,1-2H3;;(H3,1,2,3,4)/q-1;+1;/b15-10+;;. The first-order valence-corrected chi connectivity index (χ1v) is 8.43. The monoisotopic (exact) mass is 385 g/mol. The third kappa shape index (κ3) is 9.18. The van der Waals surface area contributed by atoms with E-state index in [1.54, 1.807) is 26.4 Å². The molecule has 0 saturated carbocycles. The maximum absolute atomic E-state index is 9.33. The quantitative estimate of drug-likeness (QED) is 0.216. The number of nitrogens with zero attached hydrogens (tertiary/aromatic N) is 1. The van der Waals surface area contributed by atoms with Crippen LogP contribution < -0.4 is 39.0 Å². The normalized spacial score (nSPS) is 10.5. The average Bonchev–Trinajstić information content (AvgIpc) is 2.58.